The van der Waals surface area contributed by atoms with Crippen molar-refractivity contribution >= 4 is 46.3 Å². The number of rotatable bonds is 4. The molecule has 0 aromatic heterocycles. The first kappa shape index (κ1) is 17.9. The lowest BCUT2D eigenvalue weighted by atomic mass is 10.1. The summed E-state index contributed by atoms with van der Waals surface area (Å²) in [5.41, 5.74) is 8.42. The van der Waals surface area contributed by atoms with Crippen LogP contribution in [-0.4, -0.2) is 31.6 Å². The third-order valence-electron chi connectivity index (χ3n) is 4.64. The zero-order valence-corrected chi connectivity index (χ0v) is 16.1. The maximum Gasteiger partial charge on any atom is 0.253 e. The number of carbonyl (C=O) groups is 1. The summed E-state index contributed by atoms with van der Waals surface area (Å²) in [4.78, 5) is 18.9. The van der Waals surface area contributed by atoms with Crippen molar-refractivity contribution in [1.29, 1.82) is 0 Å². The molecule has 0 saturated heterocycles. The molecule has 140 valence electrons. The number of amidine groups is 1. The Labute approximate surface area is 166 Å². The SMILES string of the molecule is COc1cc(C(=O)NC2CC2)c(Cl)c(N2CN=C(N)c3ccccc32)c1Cl. The van der Waals surface area contributed by atoms with Crippen molar-refractivity contribution in [2.75, 3.05) is 18.7 Å². The number of nitrogens with zero attached hydrogens (tertiary/aromatic N) is 2. The second-order valence-corrected chi connectivity index (χ2v) is 7.24. The third-order valence-corrected chi connectivity index (χ3v) is 5.39. The minimum absolute atomic E-state index is 0.207. The van der Waals surface area contributed by atoms with Gasteiger partial charge in [0.05, 0.1) is 29.1 Å². The van der Waals surface area contributed by atoms with E-state index in [2.05, 4.69) is 10.3 Å². The van der Waals surface area contributed by atoms with Gasteiger partial charge in [-0.15, -0.1) is 0 Å². The smallest absolute Gasteiger partial charge is 0.253 e. The summed E-state index contributed by atoms with van der Waals surface area (Å²) < 4.78 is 5.39. The second kappa shape index (κ2) is 6.94. The van der Waals surface area contributed by atoms with Crippen LogP contribution in [-0.2, 0) is 0 Å². The molecule has 8 heteroatoms. The molecular formula is C19H18Cl2N4O2. The normalized spacial score (nSPS) is 15.8. The Hall–Kier alpha value is -2.44. The summed E-state index contributed by atoms with van der Waals surface area (Å²) in [5.74, 6) is 0.577. The quantitative estimate of drug-likeness (QED) is 0.813. The molecule has 1 amide bonds. The molecule has 2 aliphatic rings. The topological polar surface area (TPSA) is 80.0 Å². The molecule has 4 rings (SSSR count). The van der Waals surface area contributed by atoms with Gasteiger partial charge >= 0.3 is 0 Å². The summed E-state index contributed by atoms with van der Waals surface area (Å²) in [6.07, 6.45) is 1.96. The Kier molecular flexibility index (Phi) is 4.61. The lowest BCUT2D eigenvalue weighted by Crippen LogP contribution is -2.30. The van der Waals surface area contributed by atoms with E-state index < -0.39 is 0 Å². The van der Waals surface area contributed by atoms with Gasteiger partial charge in [-0.2, -0.15) is 0 Å². The predicted molar refractivity (Wildman–Crippen MR) is 108 cm³/mol. The number of fused-ring (bicyclic) bond motifs is 1. The fourth-order valence-electron chi connectivity index (χ4n) is 3.06. The number of aliphatic imine (C=N–C) groups is 1. The number of benzene rings is 2. The van der Waals surface area contributed by atoms with Crippen LogP contribution in [0.15, 0.2) is 35.3 Å². The molecule has 1 fully saturated rings. The van der Waals surface area contributed by atoms with Gasteiger partial charge < -0.3 is 20.7 Å². The lowest BCUT2D eigenvalue weighted by molar-refractivity contribution is 0.0951. The molecule has 0 radical (unpaired) electrons. The van der Waals surface area contributed by atoms with Crippen LogP contribution in [0.4, 0.5) is 11.4 Å². The van der Waals surface area contributed by atoms with Crippen LogP contribution in [0, 0.1) is 0 Å². The number of hydrogen-bond donors (Lipinski definition) is 2. The molecule has 0 unspecified atom stereocenters. The molecule has 2 aromatic rings. The van der Waals surface area contributed by atoms with Gasteiger partial charge in [-0.3, -0.25) is 4.79 Å². The van der Waals surface area contributed by atoms with Crippen LogP contribution < -0.4 is 20.7 Å². The molecule has 3 N–H and O–H groups in total. The maximum absolute atomic E-state index is 12.7. The minimum Gasteiger partial charge on any atom is -0.495 e. The highest BCUT2D eigenvalue weighted by atomic mass is 35.5. The number of carbonyl (C=O) groups excluding carboxylic acids is 1. The first-order valence-electron chi connectivity index (χ1n) is 8.55. The van der Waals surface area contributed by atoms with Gasteiger partial charge in [0.1, 0.15) is 23.3 Å². The standard InChI is InChI=1S/C19H18Cl2N4O2/c1-27-14-8-12(19(26)24-10-6-7-10)15(20)17(16(14)21)25-9-23-18(22)11-4-2-3-5-13(11)25/h2-5,8,10H,6-7,9H2,1H3,(H2,22,23)(H,24,26). The van der Waals surface area contributed by atoms with E-state index in [9.17, 15) is 4.79 Å². The summed E-state index contributed by atoms with van der Waals surface area (Å²) >= 11 is 13.2. The van der Waals surface area contributed by atoms with Crippen LogP contribution >= 0.6 is 23.2 Å². The van der Waals surface area contributed by atoms with Gasteiger partial charge in [0.25, 0.3) is 5.91 Å². The number of amides is 1. The van der Waals surface area contributed by atoms with Crippen LogP contribution in [0.2, 0.25) is 10.0 Å². The van der Waals surface area contributed by atoms with Crippen molar-refractivity contribution in [3.63, 3.8) is 0 Å². The van der Waals surface area contributed by atoms with E-state index in [0.29, 0.717) is 27.9 Å². The largest absolute Gasteiger partial charge is 0.495 e. The molecule has 1 saturated carbocycles. The summed E-state index contributed by atoms with van der Waals surface area (Å²) in [7, 11) is 1.50. The van der Waals surface area contributed by atoms with Gasteiger partial charge in [-0.05, 0) is 31.0 Å². The highest BCUT2D eigenvalue weighted by Crippen LogP contribution is 2.46. The van der Waals surface area contributed by atoms with E-state index in [4.69, 9.17) is 33.7 Å². The summed E-state index contributed by atoms with van der Waals surface area (Å²) in [6, 6.07) is 9.34. The molecule has 1 aliphatic carbocycles. The summed E-state index contributed by atoms with van der Waals surface area (Å²) in [5, 5.41) is 3.52. The Balaban J connectivity index is 1.86. The average Bonchev–Trinajstić information content (AvgIpc) is 3.48. The number of halogens is 2. The highest BCUT2D eigenvalue weighted by Gasteiger charge is 2.30. The Morgan fingerprint density at radius 1 is 1.30 bits per heavy atom. The molecule has 2 aromatic carbocycles. The van der Waals surface area contributed by atoms with Gasteiger partial charge in [-0.1, -0.05) is 35.3 Å². The van der Waals surface area contributed by atoms with Crippen LogP contribution in [0.3, 0.4) is 0 Å². The van der Waals surface area contributed by atoms with E-state index in [1.807, 2.05) is 29.2 Å². The van der Waals surface area contributed by atoms with Crippen molar-refractivity contribution in [1.82, 2.24) is 5.32 Å². The number of nitrogens with one attached hydrogen (secondary N) is 1. The summed E-state index contributed by atoms with van der Waals surface area (Å²) in [6.45, 7) is 0.235. The zero-order valence-electron chi connectivity index (χ0n) is 14.6. The first-order chi connectivity index (χ1) is 13.0. The van der Waals surface area contributed by atoms with Gasteiger partial charge in [0, 0.05) is 11.6 Å². The minimum atomic E-state index is -0.243. The number of hydrogen-bond acceptors (Lipinski definition) is 5. The van der Waals surface area contributed by atoms with Gasteiger partial charge in [0.2, 0.25) is 0 Å². The Morgan fingerprint density at radius 2 is 2.04 bits per heavy atom. The van der Waals surface area contributed by atoms with E-state index in [-0.39, 0.29) is 23.6 Å². The molecule has 27 heavy (non-hydrogen) atoms. The maximum atomic E-state index is 12.7. The van der Waals surface area contributed by atoms with Crippen molar-refractivity contribution in [2.45, 2.75) is 18.9 Å². The van der Waals surface area contributed by atoms with Crippen molar-refractivity contribution in [2.24, 2.45) is 10.7 Å². The molecule has 0 spiro atoms. The molecular weight excluding hydrogens is 387 g/mol. The lowest BCUT2D eigenvalue weighted by Gasteiger charge is -2.31. The number of anilines is 2. The van der Waals surface area contributed by atoms with E-state index in [0.717, 1.165) is 24.1 Å². The molecule has 1 aliphatic heterocycles. The molecule has 0 atom stereocenters. The highest BCUT2D eigenvalue weighted by molar-refractivity contribution is 6.42. The van der Waals surface area contributed by atoms with Gasteiger partial charge in [0.15, 0.2) is 0 Å². The van der Waals surface area contributed by atoms with Crippen LogP contribution in [0.1, 0.15) is 28.8 Å². The molecule has 1 heterocycles. The second-order valence-electron chi connectivity index (χ2n) is 6.48. The third kappa shape index (κ3) is 3.19. The number of nitrogens with two attached hydrogens (primary N) is 1. The van der Waals surface area contributed by atoms with Crippen molar-refractivity contribution < 1.29 is 9.53 Å². The predicted octanol–water partition coefficient (Wildman–Crippen LogP) is 3.71. The van der Waals surface area contributed by atoms with Gasteiger partial charge in [-0.25, -0.2) is 4.99 Å². The number of methoxy groups -OCH3 is 1. The average molecular weight is 405 g/mol. The van der Waals surface area contributed by atoms with E-state index >= 15 is 0 Å². The zero-order chi connectivity index (χ0) is 19.1. The van der Waals surface area contributed by atoms with Crippen LogP contribution in [0.5, 0.6) is 5.75 Å². The fourth-order valence-corrected chi connectivity index (χ4v) is 3.78. The fraction of sp³-hybridized carbons (Fsp3) is 0.263. The monoisotopic (exact) mass is 404 g/mol. The van der Waals surface area contributed by atoms with Crippen LogP contribution in [0.25, 0.3) is 0 Å². The van der Waals surface area contributed by atoms with E-state index in [1.165, 1.54) is 7.11 Å². The Bertz CT molecular complexity index is 957. The molecule has 6 nitrogen and oxygen atoms in total. The number of para-hydroxylation sites is 1. The molecule has 0 bridgehead atoms. The van der Waals surface area contributed by atoms with E-state index in [1.54, 1.807) is 6.07 Å². The Morgan fingerprint density at radius 3 is 2.74 bits per heavy atom. The number of ether oxygens (including phenoxy) is 1. The van der Waals surface area contributed by atoms with Crippen molar-refractivity contribution in [3.8, 4) is 5.75 Å². The first-order valence-corrected chi connectivity index (χ1v) is 9.30. The van der Waals surface area contributed by atoms with Crippen molar-refractivity contribution in [3.05, 3.63) is 51.5 Å².